The van der Waals surface area contributed by atoms with Gasteiger partial charge in [-0.15, -0.1) is 0 Å². The van der Waals surface area contributed by atoms with E-state index in [9.17, 15) is 13.2 Å². The number of amides is 1. The third-order valence-corrected chi connectivity index (χ3v) is 6.32. The molecule has 3 aromatic carbocycles. The Labute approximate surface area is 182 Å². The minimum atomic E-state index is -3.49. The van der Waals surface area contributed by atoms with Gasteiger partial charge in [-0.05, 0) is 53.4 Å². The number of sulfonamides is 1. The second kappa shape index (κ2) is 9.49. The lowest BCUT2D eigenvalue weighted by Gasteiger charge is -2.24. The van der Waals surface area contributed by atoms with Gasteiger partial charge in [-0.2, -0.15) is 0 Å². The predicted octanol–water partition coefficient (Wildman–Crippen LogP) is 4.66. The average Bonchev–Trinajstić information content (AvgIpc) is 2.70. The highest BCUT2D eigenvalue weighted by atomic mass is 35.5. The maximum atomic E-state index is 12.3. The second-order valence-corrected chi connectivity index (χ2v) is 9.67. The molecule has 3 rings (SSSR count). The van der Waals surface area contributed by atoms with Gasteiger partial charge in [0.2, 0.25) is 15.9 Å². The van der Waals surface area contributed by atoms with Crippen LogP contribution < -0.4 is 9.62 Å². The highest BCUT2D eigenvalue weighted by Gasteiger charge is 2.19. The minimum Gasteiger partial charge on any atom is -0.352 e. The molecule has 0 atom stereocenters. The largest absolute Gasteiger partial charge is 0.352 e. The molecule has 3 aromatic rings. The van der Waals surface area contributed by atoms with Crippen LogP contribution in [0.15, 0.2) is 60.7 Å². The molecule has 0 aliphatic heterocycles. The maximum Gasteiger partial charge on any atom is 0.232 e. The fourth-order valence-electron chi connectivity index (χ4n) is 3.34. The molecule has 0 aliphatic rings. The van der Waals surface area contributed by atoms with Crippen molar-refractivity contribution in [1.82, 2.24) is 5.32 Å². The van der Waals surface area contributed by atoms with Crippen LogP contribution in [0.4, 0.5) is 5.69 Å². The van der Waals surface area contributed by atoms with Crippen LogP contribution in [0, 0.1) is 6.92 Å². The Balaban J connectivity index is 1.56. The lowest BCUT2D eigenvalue weighted by Crippen LogP contribution is -2.32. The number of carbonyl (C=O) groups is 1. The van der Waals surface area contributed by atoms with Gasteiger partial charge in [0.25, 0.3) is 0 Å². The Morgan fingerprint density at radius 2 is 1.77 bits per heavy atom. The van der Waals surface area contributed by atoms with Crippen LogP contribution in [0.1, 0.15) is 24.0 Å². The van der Waals surface area contributed by atoms with Gasteiger partial charge in [0.05, 0.1) is 11.9 Å². The Morgan fingerprint density at radius 3 is 2.50 bits per heavy atom. The summed E-state index contributed by atoms with van der Waals surface area (Å²) >= 11 is 6.05. The van der Waals surface area contributed by atoms with Crippen LogP contribution in [0.25, 0.3) is 10.8 Å². The van der Waals surface area contributed by atoms with Crippen LogP contribution in [0.5, 0.6) is 0 Å². The van der Waals surface area contributed by atoms with Crippen LogP contribution >= 0.6 is 11.6 Å². The SMILES string of the molecule is Cc1ccc(Cl)cc1N(CCCC(=O)NCc1ccc2ccccc2c1)S(C)(=O)=O. The van der Waals surface area contributed by atoms with Gasteiger partial charge in [0.1, 0.15) is 0 Å². The van der Waals surface area contributed by atoms with Crippen molar-refractivity contribution < 1.29 is 13.2 Å². The number of hydrogen-bond donors (Lipinski definition) is 1. The molecular formula is C23H25ClN2O3S. The zero-order valence-corrected chi connectivity index (χ0v) is 18.6. The number of hydrogen-bond acceptors (Lipinski definition) is 3. The van der Waals surface area contributed by atoms with E-state index in [1.807, 2.05) is 43.3 Å². The first-order chi connectivity index (χ1) is 14.2. The molecule has 0 aliphatic carbocycles. The molecule has 0 saturated carbocycles. The van der Waals surface area contributed by atoms with Crippen LogP contribution in [0.3, 0.4) is 0 Å². The standard InChI is InChI=1S/C23H25ClN2O3S/c1-17-9-12-21(24)15-22(17)26(30(2,28)29)13-5-8-23(27)25-16-18-10-11-19-6-3-4-7-20(19)14-18/h3-4,6-7,9-12,14-15H,5,8,13,16H2,1-2H3,(H,25,27). The number of nitrogens with one attached hydrogen (secondary N) is 1. The lowest BCUT2D eigenvalue weighted by molar-refractivity contribution is -0.121. The number of anilines is 1. The van der Waals surface area contributed by atoms with E-state index in [1.54, 1.807) is 18.2 Å². The monoisotopic (exact) mass is 444 g/mol. The smallest absolute Gasteiger partial charge is 0.232 e. The van der Waals surface area contributed by atoms with E-state index < -0.39 is 10.0 Å². The average molecular weight is 445 g/mol. The third-order valence-electron chi connectivity index (χ3n) is 4.91. The first-order valence-corrected chi connectivity index (χ1v) is 11.9. The van der Waals surface area contributed by atoms with E-state index in [0.717, 1.165) is 28.2 Å². The molecular weight excluding hydrogens is 420 g/mol. The summed E-state index contributed by atoms with van der Waals surface area (Å²) in [5.74, 6) is -0.112. The molecule has 1 amide bonds. The van der Waals surface area contributed by atoms with E-state index in [1.165, 1.54) is 4.31 Å². The Bertz CT molecular complexity index is 1160. The molecule has 1 N–H and O–H groups in total. The van der Waals surface area contributed by atoms with Gasteiger partial charge >= 0.3 is 0 Å². The number of benzene rings is 3. The number of rotatable bonds is 8. The topological polar surface area (TPSA) is 66.5 Å². The second-order valence-electron chi connectivity index (χ2n) is 7.33. The first kappa shape index (κ1) is 22.1. The van der Waals surface area contributed by atoms with Crippen molar-refractivity contribution in [1.29, 1.82) is 0 Å². The normalized spacial score (nSPS) is 11.4. The first-order valence-electron chi connectivity index (χ1n) is 9.72. The minimum absolute atomic E-state index is 0.112. The fourth-order valence-corrected chi connectivity index (χ4v) is 4.52. The summed E-state index contributed by atoms with van der Waals surface area (Å²) in [5, 5.41) is 5.66. The van der Waals surface area contributed by atoms with Crippen molar-refractivity contribution >= 4 is 44.0 Å². The Morgan fingerprint density at radius 1 is 1.03 bits per heavy atom. The van der Waals surface area contributed by atoms with Crippen molar-refractivity contribution in [3.05, 3.63) is 76.8 Å². The summed E-state index contributed by atoms with van der Waals surface area (Å²) in [5.41, 5.74) is 2.38. The predicted molar refractivity (Wildman–Crippen MR) is 123 cm³/mol. The zero-order valence-electron chi connectivity index (χ0n) is 17.1. The molecule has 0 aromatic heterocycles. The molecule has 0 saturated heterocycles. The summed E-state index contributed by atoms with van der Waals surface area (Å²) in [6, 6.07) is 19.3. The van der Waals surface area contributed by atoms with E-state index in [0.29, 0.717) is 23.7 Å². The van der Waals surface area contributed by atoms with Crippen molar-refractivity contribution in [2.45, 2.75) is 26.3 Å². The number of halogens is 1. The van der Waals surface area contributed by atoms with Crippen LogP contribution in [-0.2, 0) is 21.4 Å². The van der Waals surface area contributed by atoms with Crippen molar-refractivity contribution in [3.63, 3.8) is 0 Å². The zero-order chi connectivity index (χ0) is 21.7. The van der Waals surface area contributed by atoms with E-state index in [-0.39, 0.29) is 18.9 Å². The van der Waals surface area contributed by atoms with Gasteiger partial charge in [0, 0.05) is 24.5 Å². The molecule has 0 bridgehead atoms. The molecule has 0 fully saturated rings. The highest BCUT2D eigenvalue weighted by molar-refractivity contribution is 7.92. The van der Waals surface area contributed by atoms with Crippen LogP contribution in [0.2, 0.25) is 5.02 Å². The van der Waals surface area contributed by atoms with Gasteiger partial charge in [-0.1, -0.05) is 54.1 Å². The third kappa shape index (κ3) is 5.74. The number of carbonyl (C=O) groups excluding carboxylic acids is 1. The van der Waals surface area contributed by atoms with E-state index >= 15 is 0 Å². The summed E-state index contributed by atoms with van der Waals surface area (Å²) in [6.45, 7) is 2.48. The molecule has 0 spiro atoms. The van der Waals surface area contributed by atoms with Crippen LogP contribution in [-0.4, -0.2) is 27.1 Å². The number of nitrogens with zero attached hydrogens (tertiary/aromatic N) is 1. The van der Waals surface area contributed by atoms with Gasteiger partial charge < -0.3 is 5.32 Å². The number of fused-ring (bicyclic) bond motifs is 1. The number of aryl methyl sites for hydroxylation is 1. The van der Waals surface area contributed by atoms with Gasteiger partial charge in [-0.3, -0.25) is 9.10 Å². The van der Waals surface area contributed by atoms with Crippen molar-refractivity contribution in [3.8, 4) is 0 Å². The van der Waals surface area contributed by atoms with Gasteiger partial charge in [0.15, 0.2) is 0 Å². The molecule has 158 valence electrons. The summed E-state index contributed by atoms with van der Waals surface area (Å²) in [6.07, 6.45) is 1.80. The summed E-state index contributed by atoms with van der Waals surface area (Å²) in [7, 11) is -3.49. The maximum absolute atomic E-state index is 12.3. The van der Waals surface area contributed by atoms with E-state index in [4.69, 9.17) is 11.6 Å². The molecule has 7 heteroatoms. The quantitative estimate of drug-likeness (QED) is 0.549. The van der Waals surface area contributed by atoms with E-state index in [2.05, 4.69) is 11.4 Å². The van der Waals surface area contributed by atoms with Gasteiger partial charge in [-0.25, -0.2) is 8.42 Å². The van der Waals surface area contributed by atoms with Crippen molar-refractivity contribution in [2.24, 2.45) is 0 Å². The highest BCUT2D eigenvalue weighted by Crippen LogP contribution is 2.26. The molecule has 0 unspecified atom stereocenters. The summed E-state index contributed by atoms with van der Waals surface area (Å²) in [4.78, 5) is 12.3. The van der Waals surface area contributed by atoms with Crippen molar-refractivity contribution in [2.75, 3.05) is 17.1 Å². The Kier molecular flexibility index (Phi) is 7.00. The molecule has 30 heavy (non-hydrogen) atoms. The lowest BCUT2D eigenvalue weighted by atomic mass is 10.1. The molecule has 5 nitrogen and oxygen atoms in total. The summed E-state index contributed by atoms with van der Waals surface area (Å²) < 4.78 is 25.9. The molecule has 0 heterocycles. The molecule has 0 radical (unpaired) electrons. The fraction of sp³-hybridized carbons (Fsp3) is 0.261. The Hall–Kier alpha value is -2.57.